The van der Waals surface area contributed by atoms with Gasteiger partial charge in [-0.15, -0.1) is 11.8 Å². The Bertz CT molecular complexity index is 576. The average Bonchev–Trinajstić information content (AvgIpc) is 2.96. The molecule has 0 radical (unpaired) electrons. The van der Waals surface area contributed by atoms with Gasteiger partial charge in [0, 0.05) is 6.42 Å². The van der Waals surface area contributed by atoms with Crippen LogP contribution in [0.15, 0.2) is 0 Å². The van der Waals surface area contributed by atoms with E-state index in [1.807, 2.05) is 13.8 Å². The molecular formula is C17H28N2O6S. The quantitative estimate of drug-likeness (QED) is 0.740. The minimum Gasteiger partial charge on any atom is -0.444 e. The molecule has 0 aromatic heterocycles. The van der Waals surface area contributed by atoms with Crippen LogP contribution < -0.4 is 5.32 Å². The Hall–Kier alpha value is -1.64. The van der Waals surface area contributed by atoms with E-state index in [1.165, 1.54) is 18.9 Å². The first-order valence-corrected chi connectivity index (χ1v) is 9.72. The van der Waals surface area contributed by atoms with Gasteiger partial charge in [-0.1, -0.05) is 13.8 Å². The van der Waals surface area contributed by atoms with Crippen LogP contribution in [0.1, 0.15) is 47.5 Å². The summed E-state index contributed by atoms with van der Waals surface area (Å²) in [6, 6.07) is 0. The largest absolute Gasteiger partial charge is 0.509 e. The van der Waals surface area contributed by atoms with Crippen LogP contribution in [0.25, 0.3) is 0 Å². The van der Waals surface area contributed by atoms with E-state index < -0.39 is 29.6 Å². The standard InChI is InChI=1S/C17H28N2O6S/c1-10(2)7-17(18-14(21)25-16(3,4)5)8-12-19(13(17)20)11(9-26-12)24-15(22)23-6/h10-12H,7-9H2,1-6H3,(H,18,21)/t11-,12+,17-/m1/s1. The zero-order valence-electron chi connectivity index (χ0n) is 16.2. The monoisotopic (exact) mass is 388 g/mol. The lowest BCUT2D eigenvalue weighted by Crippen LogP contribution is -2.57. The van der Waals surface area contributed by atoms with E-state index in [0.29, 0.717) is 18.6 Å². The molecule has 0 bridgehead atoms. The number of rotatable bonds is 4. The van der Waals surface area contributed by atoms with Gasteiger partial charge in [0.25, 0.3) is 5.91 Å². The van der Waals surface area contributed by atoms with Gasteiger partial charge in [-0.3, -0.25) is 9.69 Å². The number of ether oxygens (including phenoxy) is 3. The van der Waals surface area contributed by atoms with Crippen LogP contribution in [0, 0.1) is 5.92 Å². The molecule has 1 N–H and O–H groups in total. The fourth-order valence-electron chi connectivity index (χ4n) is 3.36. The van der Waals surface area contributed by atoms with Crippen molar-refractivity contribution in [1.82, 2.24) is 10.2 Å². The van der Waals surface area contributed by atoms with Gasteiger partial charge in [-0.05, 0) is 33.1 Å². The molecule has 2 aliphatic rings. The summed E-state index contributed by atoms with van der Waals surface area (Å²) < 4.78 is 15.1. The summed E-state index contributed by atoms with van der Waals surface area (Å²) in [6.45, 7) is 9.29. The van der Waals surface area contributed by atoms with Crippen LogP contribution in [0.5, 0.6) is 0 Å². The Balaban J connectivity index is 2.21. The summed E-state index contributed by atoms with van der Waals surface area (Å²) >= 11 is 1.53. The van der Waals surface area contributed by atoms with Crippen molar-refractivity contribution >= 4 is 29.9 Å². The third-order valence-electron chi connectivity index (χ3n) is 4.11. The highest BCUT2D eigenvalue weighted by atomic mass is 32.2. The molecule has 2 saturated heterocycles. The Morgan fingerprint density at radius 1 is 1.38 bits per heavy atom. The van der Waals surface area contributed by atoms with Gasteiger partial charge in [0.2, 0.25) is 0 Å². The number of methoxy groups -OCH3 is 1. The predicted molar refractivity (Wildman–Crippen MR) is 96.5 cm³/mol. The van der Waals surface area contributed by atoms with Crippen molar-refractivity contribution in [3.8, 4) is 0 Å². The first kappa shape index (κ1) is 20.7. The van der Waals surface area contributed by atoms with Crippen LogP contribution in [0.3, 0.4) is 0 Å². The number of hydrogen-bond acceptors (Lipinski definition) is 7. The van der Waals surface area contributed by atoms with Crippen LogP contribution >= 0.6 is 11.8 Å². The number of carbonyl (C=O) groups excluding carboxylic acids is 3. The number of alkyl carbamates (subject to hydrolysis) is 1. The van der Waals surface area contributed by atoms with E-state index in [-0.39, 0.29) is 17.2 Å². The number of hydrogen-bond donors (Lipinski definition) is 1. The van der Waals surface area contributed by atoms with Crippen LogP contribution in [-0.4, -0.2) is 58.7 Å². The number of nitrogens with zero attached hydrogens (tertiary/aromatic N) is 1. The molecule has 0 unspecified atom stereocenters. The van der Waals surface area contributed by atoms with E-state index >= 15 is 0 Å². The van der Waals surface area contributed by atoms with Crippen LogP contribution in [-0.2, 0) is 19.0 Å². The van der Waals surface area contributed by atoms with Crippen molar-refractivity contribution in [3.63, 3.8) is 0 Å². The van der Waals surface area contributed by atoms with E-state index in [1.54, 1.807) is 25.7 Å². The molecule has 2 amide bonds. The molecule has 26 heavy (non-hydrogen) atoms. The maximum absolute atomic E-state index is 13.2. The number of amides is 2. The molecule has 0 aromatic carbocycles. The second kappa shape index (κ2) is 7.54. The predicted octanol–water partition coefficient (Wildman–Crippen LogP) is 2.71. The fraction of sp³-hybridized carbons (Fsp3) is 0.824. The highest BCUT2D eigenvalue weighted by molar-refractivity contribution is 8.00. The first-order valence-electron chi connectivity index (χ1n) is 8.67. The van der Waals surface area contributed by atoms with Crippen molar-refractivity contribution in [3.05, 3.63) is 0 Å². The van der Waals surface area contributed by atoms with E-state index in [4.69, 9.17) is 9.47 Å². The second-order valence-electron chi connectivity index (χ2n) is 8.04. The number of thioether (sulfide) groups is 1. The molecule has 148 valence electrons. The SMILES string of the molecule is COC(=O)O[C@@H]1CS[C@H]2C[C@@](CC(C)C)(NC(=O)OC(C)(C)C)C(=O)N21. The van der Waals surface area contributed by atoms with Crippen molar-refractivity contribution in [2.75, 3.05) is 12.9 Å². The van der Waals surface area contributed by atoms with Crippen molar-refractivity contribution in [2.45, 2.75) is 70.2 Å². The minimum absolute atomic E-state index is 0.161. The molecule has 2 fully saturated rings. The highest BCUT2D eigenvalue weighted by Crippen LogP contribution is 2.45. The summed E-state index contributed by atoms with van der Waals surface area (Å²) in [5.74, 6) is 0.412. The summed E-state index contributed by atoms with van der Waals surface area (Å²) in [7, 11) is 1.22. The van der Waals surface area contributed by atoms with Gasteiger partial charge < -0.3 is 19.5 Å². The lowest BCUT2D eigenvalue weighted by atomic mass is 9.87. The topological polar surface area (TPSA) is 94.2 Å². The number of carbonyl (C=O) groups is 3. The highest BCUT2D eigenvalue weighted by Gasteiger charge is 2.58. The molecule has 3 atom stereocenters. The van der Waals surface area contributed by atoms with Gasteiger partial charge in [0.15, 0.2) is 6.23 Å². The Labute approximate surface area is 158 Å². The van der Waals surface area contributed by atoms with Gasteiger partial charge in [-0.25, -0.2) is 9.59 Å². The van der Waals surface area contributed by atoms with Crippen molar-refractivity contribution in [2.24, 2.45) is 5.92 Å². The molecule has 8 nitrogen and oxygen atoms in total. The lowest BCUT2D eigenvalue weighted by Gasteiger charge is -2.32. The van der Waals surface area contributed by atoms with E-state index in [0.717, 1.165) is 0 Å². The van der Waals surface area contributed by atoms with Crippen molar-refractivity contribution < 1.29 is 28.6 Å². The maximum atomic E-state index is 13.2. The van der Waals surface area contributed by atoms with Crippen molar-refractivity contribution in [1.29, 1.82) is 0 Å². The molecule has 0 spiro atoms. The fourth-order valence-corrected chi connectivity index (χ4v) is 4.77. The molecular weight excluding hydrogens is 360 g/mol. The Morgan fingerprint density at radius 2 is 2.04 bits per heavy atom. The molecule has 0 saturated carbocycles. The van der Waals surface area contributed by atoms with Gasteiger partial charge in [-0.2, -0.15) is 0 Å². The van der Waals surface area contributed by atoms with Gasteiger partial charge >= 0.3 is 12.2 Å². The van der Waals surface area contributed by atoms with Crippen LogP contribution in [0.4, 0.5) is 9.59 Å². The summed E-state index contributed by atoms with van der Waals surface area (Å²) in [5.41, 5.74) is -1.72. The molecule has 2 aliphatic heterocycles. The molecule has 9 heteroatoms. The number of nitrogens with one attached hydrogen (secondary N) is 1. The Morgan fingerprint density at radius 3 is 2.58 bits per heavy atom. The third-order valence-corrected chi connectivity index (χ3v) is 5.37. The second-order valence-corrected chi connectivity index (χ2v) is 9.25. The maximum Gasteiger partial charge on any atom is 0.509 e. The first-order chi connectivity index (χ1) is 12.0. The number of fused-ring (bicyclic) bond motifs is 1. The van der Waals surface area contributed by atoms with Gasteiger partial charge in [0.1, 0.15) is 11.1 Å². The lowest BCUT2D eigenvalue weighted by molar-refractivity contribution is -0.141. The van der Waals surface area contributed by atoms with Crippen LogP contribution in [0.2, 0.25) is 0 Å². The van der Waals surface area contributed by atoms with E-state index in [9.17, 15) is 14.4 Å². The van der Waals surface area contributed by atoms with Gasteiger partial charge in [0.05, 0.1) is 18.2 Å². The molecule has 2 rings (SSSR count). The summed E-state index contributed by atoms with van der Waals surface area (Å²) in [6.07, 6.45) is -1.23. The Kier molecular flexibility index (Phi) is 5.99. The average molecular weight is 388 g/mol. The summed E-state index contributed by atoms with van der Waals surface area (Å²) in [5, 5.41) is 2.65. The zero-order valence-corrected chi connectivity index (χ0v) is 17.0. The molecule has 0 aliphatic carbocycles. The molecule has 0 aromatic rings. The smallest absolute Gasteiger partial charge is 0.444 e. The summed E-state index contributed by atoms with van der Waals surface area (Å²) in [4.78, 5) is 38.6. The molecule has 2 heterocycles. The third kappa shape index (κ3) is 4.55. The van der Waals surface area contributed by atoms with E-state index in [2.05, 4.69) is 10.1 Å². The zero-order chi connectivity index (χ0) is 19.7. The minimum atomic E-state index is -1.06. The normalized spacial score (nSPS) is 28.1.